The zero-order valence-corrected chi connectivity index (χ0v) is 20.7. The number of carbonyl (C=O) groups is 1. The van der Waals surface area contributed by atoms with E-state index >= 15 is 0 Å². The van der Waals surface area contributed by atoms with E-state index in [1.54, 1.807) is 6.07 Å². The third-order valence-electron chi connectivity index (χ3n) is 6.62. The fourth-order valence-electron chi connectivity index (χ4n) is 4.67. The van der Waals surface area contributed by atoms with E-state index in [1.807, 2.05) is 45.0 Å². The van der Waals surface area contributed by atoms with Gasteiger partial charge in [0.15, 0.2) is 5.69 Å². The first kappa shape index (κ1) is 24.7. The lowest BCUT2D eigenvalue weighted by molar-refractivity contribution is 0.0951. The van der Waals surface area contributed by atoms with Gasteiger partial charge in [-0.3, -0.25) is 4.79 Å². The number of phenols is 2. The predicted molar refractivity (Wildman–Crippen MR) is 136 cm³/mol. The lowest BCUT2D eigenvalue weighted by Crippen LogP contribution is -2.30. The van der Waals surface area contributed by atoms with E-state index in [-0.39, 0.29) is 29.0 Å². The third kappa shape index (κ3) is 5.48. The van der Waals surface area contributed by atoms with Crippen LogP contribution in [0.25, 0.3) is 16.9 Å². The van der Waals surface area contributed by atoms with Crippen LogP contribution in [0.4, 0.5) is 0 Å². The van der Waals surface area contributed by atoms with Crippen molar-refractivity contribution in [2.24, 2.45) is 0 Å². The molecule has 2 aromatic carbocycles. The molecule has 1 amide bonds. The summed E-state index contributed by atoms with van der Waals surface area (Å²) in [5, 5.41) is 35.8. The van der Waals surface area contributed by atoms with E-state index in [0.29, 0.717) is 29.5 Å². The summed E-state index contributed by atoms with van der Waals surface area (Å²) in [7, 11) is 0. The summed E-state index contributed by atoms with van der Waals surface area (Å²) in [6.45, 7) is 7.01. The highest BCUT2D eigenvalue weighted by molar-refractivity contribution is 5.98. The molecule has 3 aromatic rings. The van der Waals surface area contributed by atoms with E-state index < -0.39 is 0 Å². The Balaban J connectivity index is 1.70. The fraction of sp³-hybridized carbons (Fsp3) is 0.444. The second-order valence-electron chi connectivity index (χ2n) is 9.53. The summed E-state index contributed by atoms with van der Waals surface area (Å²) in [6.07, 6.45) is 6.37. The van der Waals surface area contributed by atoms with Gasteiger partial charge in [-0.2, -0.15) is 0 Å². The number of hydrogen-bond acceptors (Lipinski definition) is 6. The van der Waals surface area contributed by atoms with Crippen molar-refractivity contribution < 1.29 is 15.0 Å². The summed E-state index contributed by atoms with van der Waals surface area (Å²) < 4.78 is 1.47. The van der Waals surface area contributed by atoms with Crippen LogP contribution in [0.2, 0.25) is 0 Å². The summed E-state index contributed by atoms with van der Waals surface area (Å²) in [5.41, 5.74) is 3.61. The van der Waals surface area contributed by atoms with Crippen LogP contribution < -0.4 is 10.6 Å². The minimum atomic E-state index is -0.334. The van der Waals surface area contributed by atoms with Crippen LogP contribution in [-0.2, 0) is 6.54 Å². The molecule has 0 aliphatic heterocycles. The highest BCUT2D eigenvalue weighted by atomic mass is 16.3. The average Bonchev–Trinajstić information content (AvgIpc) is 3.29. The van der Waals surface area contributed by atoms with Crippen LogP contribution in [0.1, 0.15) is 80.4 Å². The quantitative estimate of drug-likeness (QED) is 0.376. The Morgan fingerprint density at radius 1 is 1.09 bits per heavy atom. The third-order valence-corrected chi connectivity index (χ3v) is 6.62. The van der Waals surface area contributed by atoms with Crippen LogP contribution in [0.5, 0.6) is 11.5 Å². The second kappa shape index (κ2) is 10.9. The molecule has 0 radical (unpaired) electrons. The van der Waals surface area contributed by atoms with Crippen molar-refractivity contribution in [1.29, 1.82) is 0 Å². The van der Waals surface area contributed by atoms with Crippen LogP contribution in [0, 0.1) is 0 Å². The molecule has 8 heteroatoms. The molecular formula is C27H35N5O3. The summed E-state index contributed by atoms with van der Waals surface area (Å²) >= 11 is 0. The van der Waals surface area contributed by atoms with Crippen LogP contribution in [0.3, 0.4) is 0 Å². The van der Waals surface area contributed by atoms with Gasteiger partial charge in [0.2, 0.25) is 0 Å². The highest BCUT2D eigenvalue weighted by Gasteiger charge is 2.24. The number of aromatic nitrogens is 3. The zero-order valence-electron chi connectivity index (χ0n) is 20.7. The zero-order chi connectivity index (χ0) is 24.9. The molecule has 0 spiro atoms. The van der Waals surface area contributed by atoms with Crippen LogP contribution in [0.15, 0.2) is 36.4 Å². The van der Waals surface area contributed by atoms with Gasteiger partial charge >= 0.3 is 0 Å². The number of nitrogens with one attached hydrogen (secondary N) is 2. The van der Waals surface area contributed by atoms with Gasteiger partial charge in [0.25, 0.3) is 5.91 Å². The highest BCUT2D eigenvalue weighted by Crippen LogP contribution is 2.36. The van der Waals surface area contributed by atoms with Gasteiger partial charge in [0.1, 0.15) is 22.9 Å². The predicted octanol–water partition coefficient (Wildman–Crippen LogP) is 4.64. The number of nitrogens with zero attached hydrogens (tertiary/aromatic N) is 3. The maximum atomic E-state index is 12.8. The molecule has 4 N–H and O–H groups in total. The van der Waals surface area contributed by atoms with Gasteiger partial charge in [-0.25, -0.2) is 4.68 Å². The van der Waals surface area contributed by atoms with E-state index in [4.69, 9.17) is 0 Å². The number of carbonyl (C=O) groups excluding carboxylic acids is 1. The van der Waals surface area contributed by atoms with E-state index in [9.17, 15) is 15.0 Å². The molecule has 4 rings (SSSR count). The monoisotopic (exact) mass is 477 g/mol. The number of hydrogen-bond donors (Lipinski definition) is 4. The first-order valence-corrected chi connectivity index (χ1v) is 12.5. The second-order valence-corrected chi connectivity index (χ2v) is 9.53. The Morgan fingerprint density at radius 3 is 2.46 bits per heavy atom. The Bertz CT molecular complexity index is 1160. The van der Waals surface area contributed by atoms with Crippen molar-refractivity contribution in [3.05, 3.63) is 53.2 Å². The Labute approximate surface area is 206 Å². The first-order chi connectivity index (χ1) is 16.9. The van der Waals surface area contributed by atoms with Crippen molar-refractivity contribution in [2.75, 3.05) is 6.54 Å². The molecule has 35 heavy (non-hydrogen) atoms. The minimum absolute atomic E-state index is 0.0154. The normalized spacial score (nSPS) is 14.4. The molecule has 0 saturated heterocycles. The molecule has 1 heterocycles. The van der Waals surface area contributed by atoms with Gasteiger partial charge in [0.05, 0.1) is 0 Å². The number of benzene rings is 2. The molecule has 8 nitrogen and oxygen atoms in total. The van der Waals surface area contributed by atoms with Crippen molar-refractivity contribution >= 4 is 5.91 Å². The molecular weight excluding hydrogens is 442 g/mol. The molecule has 1 saturated carbocycles. The van der Waals surface area contributed by atoms with Gasteiger partial charge in [-0.05, 0) is 42.9 Å². The topological polar surface area (TPSA) is 112 Å². The van der Waals surface area contributed by atoms with Crippen LogP contribution in [-0.4, -0.2) is 43.7 Å². The van der Waals surface area contributed by atoms with Crippen molar-refractivity contribution in [2.45, 2.75) is 71.4 Å². The van der Waals surface area contributed by atoms with E-state index in [1.165, 1.54) is 42.9 Å². The van der Waals surface area contributed by atoms with Gasteiger partial charge in [-0.15, -0.1) is 5.10 Å². The van der Waals surface area contributed by atoms with Gasteiger partial charge < -0.3 is 20.8 Å². The molecule has 1 fully saturated rings. The SMILES string of the molecule is CCNC(=O)c1nnn(-c2cc(C(C)C)c(O)cc2O)c1-c1ccc(CNC2CCCCC2)cc1. The number of aromatic hydroxyl groups is 2. The van der Waals surface area contributed by atoms with Crippen LogP contribution >= 0.6 is 0 Å². The molecule has 0 unspecified atom stereocenters. The lowest BCUT2D eigenvalue weighted by atomic mass is 9.95. The van der Waals surface area contributed by atoms with E-state index in [2.05, 4.69) is 20.9 Å². The molecule has 186 valence electrons. The fourth-order valence-corrected chi connectivity index (χ4v) is 4.67. The maximum absolute atomic E-state index is 12.8. The van der Waals surface area contributed by atoms with Crippen molar-refractivity contribution in [1.82, 2.24) is 25.6 Å². The maximum Gasteiger partial charge on any atom is 0.274 e. The number of phenolic OH excluding ortho intramolecular Hbond substituents is 2. The largest absolute Gasteiger partial charge is 0.508 e. The van der Waals surface area contributed by atoms with Crippen molar-refractivity contribution in [3.63, 3.8) is 0 Å². The smallest absolute Gasteiger partial charge is 0.274 e. The van der Waals surface area contributed by atoms with E-state index in [0.717, 1.165) is 17.7 Å². The minimum Gasteiger partial charge on any atom is -0.508 e. The summed E-state index contributed by atoms with van der Waals surface area (Å²) in [6, 6.07) is 11.6. The summed E-state index contributed by atoms with van der Waals surface area (Å²) in [5.74, 6) is -0.435. The Hall–Kier alpha value is -3.39. The molecule has 1 aliphatic rings. The Kier molecular flexibility index (Phi) is 7.70. The molecule has 0 atom stereocenters. The average molecular weight is 478 g/mol. The van der Waals surface area contributed by atoms with Gasteiger partial charge in [-0.1, -0.05) is 62.6 Å². The Morgan fingerprint density at radius 2 is 1.80 bits per heavy atom. The molecule has 0 bridgehead atoms. The number of rotatable bonds is 8. The molecule has 1 aromatic heterocycles. The standard InChI is InChI=1S/C27H35N5O3/c1-4-28-27(35)25-26(19-12-10-18(11-13-19)16-29-20-8-6-5-7-9-20)32(31-30-25)22-14-21(17(2)3)23(33)15-24(22)34/h10-15,17,20,29,33-34H,4-9,16H2,1-3H3,(H,28,35). The van der Waals surface area contributed by atoms with Crippen molar-refractivity contribution in [3.8, 4) is 28.4 Å². The van der Waals surface area contributed by atoms with Gasteiger partial charge in [0, 0.05) is 30.8 Å². The number of amides is 1. The molecule has 1 aliphatic carbocycles. The lowest BCUT2D eigenvalue weighted by Gasteiger charge is -2.22. The first-order valence-electron chi connectivity index (χ1n) is 12.5. The summed E-state index contributed by atoms with van der Waals surface area (Å²) in [4.78, 5) is 12.8.